The van der Waals surface area contributed by atoms with Gasteiger partial charge in [0.2, 0.25) is 0 Å². The highest BCUT2D eigenvalue weighted by atomic mass is 35.5. The molecule has 0 unspecified atom stereocenters. The van der Waals surface area contributed by atoms with Gasteiger partial charge in [0.1, 0.15) is 11.3 Å². The number of aromatic nitrogens is 5. The summed E-state index contributed by atoms with van der Waals surface area (Å²) >= 11 is 6.07. The molecule has 9 heteroatoms. The van der Waals surface area contributed by atoms with Crippen LogP contribution in [0.2, 0.25) is 5.02 Å². The van der Waals surface area contributed by atoms with Crippen LogP contribution in [-0.2, 0) is 16.7 Å². The smallest absolute Gasteiger partial charge is 0.336 e. The summed E-state index contributed by atoms with van der Waals surface area (Å²) in [6.07, 6.45) is 3.87. The zero-order chi connectivity index (χ0) is 21.9. The molecular weight excluding hydrogens is 428 g/mol. The summed E-state index contributed by atoms with van der Waals surface area (Å²) in [5.74, 6) is 0.725. The van der Waals surface area contributed by atoms with Crippen molar-refractivity contribution in [1.82, 2.24) is 24.1 Å². The van der Waals surface area contributed by atoms with Crippen LogP contribution in [-0.4, -0.2) is 50.5 Å². The van der Waals surface area contributed by atoms with Gasteiger partial charge in [0.25, 0.3) is 0 Å². The molecule has 0 atom stereocenters. The molecule has 4 heterocycles. The van der Waals surface area contributed by atoms with E-state index in [1.54, 1.807) is 8.97 Å². The molecule has 32 heavy (non-hydrogen) atoms. The minimum Gasteiger partial charge on any atom is -0.378 e. The van der Waals surface area contributed by atoms with E-state index in [-0.39, 0.29) is 11.1 Å². The Bertz CT molecular complexity index is 1380. The van der Waals surface area contributed by atoms with E-state index >= 15 is 0 Å². The van der Waals surface area contributed by atoms with Crippen LogP contribution in [0.3, 0.4) is 0 Å². The summed E-state index contributed by atoms with van der Waals surface area (Å²) in [7, 11) is 0. The van der Waals surface area contributed by atoms with Crippen molar-refractivity contribution in [3.8, 4) is 0 Å². The van der Waals surface area contributed by atoms with Crippen molar-refractivity contribution in [3.05, 3.63) is 63.4 Å². The zero-order valence-corrected chi connectivity index (χ0v) is 18.5. The summed E-state index contributed by atoms with van der Waals surface area (Å²) in [6.45, 7) is 5.49. The van der Waals surface area contributed by atoms with Gasteiger partial charge in [-0.25, -0.2) is 14.2 Å². The third-order valence-corrected chi connectivity index (χ3v) is 6.86. The van der Waals surface area contributed by atoms with Crippen LogP contribution in [0.25, 0.3) is 16.7 Å². The average Bonchev–Trinajstić information content (AvgIpc) is 3.40. The number of morpholine rings is 1. The van der Waals surface area contributed by atoms with Crippen molar-refractivity contribution in [2.45, 2.75) is 31.7 Å². The number of pyridine rings is 1. The number of benzene rings is 1. The van der Waals surface area contributed by atoms with E-state index in [0.29, 0.717) is 35.9 Å². The van der Waals surface area contributed by atoms with Crippen molar-refractivity contribution in [1.29, 1.82) is 0 Å². The van der Waals surface area contributed by atoms with Crippen LogP contribution < -0.4 is 10.6 Å². The first-order valence-corrected chi connectivity index (χ1v) is 11.3. The van der Waals surface area contributed by atoms with Crippen LogP contribution in [0.5, 0.6) is 0 Å². The zero-order valence-electron chi connectivity index (χ0n) is 17.8. The van der Waals surface area contributed by atoms with Crippen LogP contribution in [0.4, 0.5) is 5.69 Å². The standard InChI is InChI=1S/C23H23ClN6O2/c1-23(6-7-23)21-27-26-20-19-18(12-17(13-25-19)28-8-10-32-11-9-28)29(22(31)30(20)21)14-15-2-4-16(24)5-3-15/h2-5,12-13H,6-11,14H2,1H3. The minimum atomic E-state index is -0.142. The monoisotopic (exact) mass is 450 g/mol. The van der Waals surface area contributed by atoms with Gasteiger partial charge in [-0.1, -0.05) is 30.7 Å². The quantitative estimate of drug-likeness (QED) is 0.475. The van der Waals surface area contributed by atoms with E-state index < -0.39 is 0 Å². The molecule has 0 amide bonds. The maximum atomic E-state index is 13.8. The van der Waals surface area contributed by atoms with Crippen LogP contribution in [0, 0.1) is 0 Å². The second-order valence-electron chi connectivity index (χ2n) is 8.90. The lowest BCUT2D eigenvalue weighted by atomic mass is 10.1. The number of ether oxygens (including phenoxy) is 1. The van der Waals surface area contributed by atoms with Gasteiger partial charge >= 0.3 is 5.69 Å². The molecule has 8 nitrogen and oxygen atoms in total. The van der Waals surface area contributed by atoms with Gasteiger partial charge in [0, 0.05) is 23.5 Å². The van der Waals surface area contributed by atoms with E-state index in [1.807, 2.05) is 36.5 Å². The van der Waals surface area contributed by atoms with Gasteiger partial charge in [-0.2, -0.15) is 0 Å². The highest BCUT2D eigenvalue weighted by molar-refractivity contribution is 6.30. The van der Waals surface area contributed by atoms with E-state index in [0.717, 1.165) is 48.5 Å². The summed E-state index contributed by atoms with van der Waals surface area (Å²) < 4.78 is 8.93. The molecule has 2 fully saturated rings. The number of nitrogens with zero attached hydrogens (tertiary/aromatic N) is 6. The lowest BCUT2D eigenvalue weighted by molar-refractivity contribution is 0.122. The lowest BCUT2D eigenvalue weighted by Crippen LogP contribution is -2.36. The van der Waals surface area contributed by atoms with Crippen molar-refractivity contribution >= 4 is 34.0 Å². The number of fused-ring (bicyclic) bond motifs is 3. The van der Waals surface area contributed by atoms with Crippen LogP contribution in [0.1, 0.15) is 31.2 Å². The van der Waals surface area contributed by atoms with Gasteiger partial charge in [-0.3, -0.25) is 4.57 Å². The van der Waals surface area contributed by atoms with Crippen molar-refractivity contribution in [3.63, 3.8) is 0 Å². The Hall–Kier alpha value is -2.97. The number of rotatable bonds is 4. The molecule has 1 aromatic carbocycles. The predicted octanol–water partition coefficient (Wildman–Crippen LogP) is 3.03. The van der Waals surface area contributed by atoms with Crippen molar-refractivity contribution in [2.24, 2.45) is 0 Å². The molecule has 1 saturated heterocycles. The Morgan fingerprint density at radius 3 is 2.59 bits per heavy atom. The summed E-state index contributed by atoms with van der Waals surface area (Å²) in [6, 6.07) is 9.61. The molecule has 0 N–H and O–H groups in total. The predicted molar refractivity (Wildman–Crippen MR) is 123 cm³/mol. The highest BCUT2D eigenvalue weighted by Gasteiger charge is 2.44. The molecule has 1 aliphatic carbocycles. The van der Waals surface area contributed by atoms with Crippen molar-refractivity contribution in [2.75, 3.05) is 31.2 Å². The Morgan fingerprint density at radius 2 is 1.88 bits per heavy atom. The first-order chi connectivity index (χ1) is 15.5. The summed E-state index contributed by atoms with van der Waals surface area (Å²) in [5.41, 5.74) is 3.67. The lowest BCUT2D eigenvalue weighted by Gasteiger charge is -2.28. The van der Waals surface area contributed by atoms with Crippen LogP contribution >= 0.6 is 11.6 Å². The fourth-order valence-electron chi connectivity index (χ4n) is 4.38. The van der Waals surface area contributed by atoms with E-state index in [1.165, 1.54) is 0 Å². The Morgan fingerprint density at radius 1 is 1.12 bits per heavy atom. The Balaban J connectivity index is 1.59. The van der Waals surface area contributed by atoms with Gasteiger partial charge in [0.15, 0.2) is 5.65 Å². The van der Waals surface area contributed by atoms with Gasteiger partial charge in [-0.15, -0.1) is 10.2 Å². The SMILES string of the molecule is CC1(c2nnc3c4ncc(N5CCOCC5)cc4n(Cc4ccc(Cl)cc4)c(=O)n23)CC1. The molecule has 0 radical (unpaired) electrons. The molecule has 4 aromatic rings. The number of halogens is 1. The largest absolute Gasteiger partial charge is 0.378 e. The second kappa shape index (κ2) is 7.28. The number of hydrogen-bond acceptors (Lipinski definition) is 6. The van der Waals surface area contributed by atoms with Gasteiger partial charge < -0.3 is 9.64 Å². The van der Waals surface area contributed by atoms with Crippen LogP contribution in [0.15, 0.2) is 41.3 Å². The maximum absolute atomic E-state index is 13.8. The first-order valence-electron chi connectivity index (χ1n) is 10.9. The number of anilines is 1. The minimum absolute atomic E-state index is 0.0991. The third kappa shape index (κ3) is 3.17. The maximum Gasteiger partial charge on any atom is 0.336 e. The molecule has 0 bridgehead atoms. The molecule has 2 aliphatic rings. The van der Waals surface area contributed by atoms with E-state index in [4.69, 9.17) is 21.3 Å². The highest BCUT2D eigenvalue weighted by Crippen LogP contribution is 2.46. The summed E-state index contributed by atoms with van der Waals surface area (Å²) in [4.78, 5) is 20.8. The number of hydrogen-bond donors (Lipinski definition) is 0. The van der Waals surface area contributed by atoms with E-state index in [9.17, 15) is 4.79 Å². The topological polar surface area (TPSA) is 77.5 Å². The third-order valence-electron chi connectivity index (χ3n) is 6.61. The molecule has 3 aromatic heterocycles. The molecular formula is C23H23ClN6O2. The molecule has 164 valence electrons. The van der Waals surface area contributed by atoms with E-state index in [2.05, 4.69) is 22.0 Å². The van der Waals surface area contributed by atoms with Gasteiger partial charge in [-0.05, 0) is 36.6 Å². The second-order valence-corrected chi connectivity index (χ2v) is 9.34. The van der Waals surface area contributed by atoms with Crippen molar-refractivity contribution < 1.29 is 4.74 Å². The summed E-state index contributed by atoms with van der Waals surface area (Å²) in [5, 5.41) is 9.50. The fraction of sp³-hybridized carbons (Fsp3) is 0.391. The molecule has 1 saturated carbocycles. The normalized spacial score (nSPS) is 17.9. The molecule has 6 rings (SSSR count). The van der Waals surface area contributed by atoms with Gasteiger partial charge in [0.05, 0.1) is 37.2 Å². The molecule has 0 spiro atoms. The Kier molecular flexibility index (Phi) is 4.48. The molecule has 1 aliphatic heterocycles. The first kappa shape index (κ1) is 19.7. The Labute approximate surface area is 189 Å². The fourth-order valence-corrected chi connectivity index (χ4v) is 4.51. The average molecular weight is 451 g/mol.